The van der Waals surface area contributed by atoms with Gasteiger partial charge in [0.2, 0.25) is 0 Å². The average molecular weight is 72.1 g/mol. The number of rotatable bonds is 0. The van der Waals surface area contributed by atoms with E-state index < -0.39 is 0 Å². The molecule has 4 heavy (non-hydrogen) atoms. The van der Waals surface area contributed by atoms with Crippen LogP contribution in [-0.4, -0.2) is 31.5 Å². The van der Waals surface area contributed by atoms with Gasteiger partial charge in [-0.3, -0.25) is 0 Å². The molecule has 0 aliphatic carbocycles. The summed E-state index contributed by atoms with van der Waals surface area (Å²) in [4.78, 5) is 0. The van der Waals surface area contributed by atoms with Gasteiger partial charge in [0, 0.05) is 0 Å². The third-order valence-corrected chi connectivity index (χ3v) is 0. The van der Waals surface area contributed by atoms with E-state index >= 15 is 0 Å². The zero-order valence-corrected chi connectivity index (χ0v) is 4.23. The Hall–Kier alpha value is 0.492. The number of hydrogen-bond acceptors (Lipinski definition) is 1. The largest absolute Gasteiger partial charge is 3.00 e. The van der Waals surface area contributed by atoms with Gasteiger partial charge in [-0.15, -0.1) is 0 Å². The van der Waals surface area contributed by atoms with Crippen LogP contribution in [0.3, 0.4) is 0 Å². The molecule has 0 aromatic heterocycles. The Morgan fingerprint density at radius 2 is 1.25 bits per heavy atom. The molecule has 0 atom stereocenters. The van der Waals surface area contributed by atoms with Crippen molar-refractivity contribution in [3.8, 4) is 0 Å². The van der Waals surface area contributed by atoms with Gasteiger partial charge >= 0.3 is 17.4 Å². The summed E-state index contributed by atoms with van der Waals surface area (Å²) in [5.41, 5.74) is 0. The van der Waals surface area contributed by atoms with Crippen LogP contribution in [0.2, 0.25) is 0 Å². The van der Waals surface area contributed by atoms with Crippen LogP contribution >= 0.6 is 0 Å². The fourth-order valence-corrected chi connectivity index (χ4v) is 0. The molecule has 20 valence electrons. The van der Waals surface area contributed by atoms with Crippen molar-refractivity contribution in [2.75, 3.05) is 14.1 Å². The molecule has 2 heteroatoms. The monoisotopic (exact) mass is 72.0 g/mol. The summed E-state index contributed by atoms with van der Waals surface area (Å²) in [6, 6.07) is 0. The third kappa shape index (κ3) is 22.9. The molecular weight excluding hydrogens is 65.0 g/mol. The van der Waals surface area contributed by atoms with Gasteiger partial charge in [0.25, 0.3) is 0 Å². The number of hydrogen-bond donors (Lipinski definition) is 1. The van der Waals surface area contributed by atoms with Crippen molar-refractivity contribution < 1.29 is 0 Å². The van der Waals surface area contributed by atoms with E-state index in [4.69, 9.17) is 0 Å². The SMILES string of the molecule is CNC.[Al+3]. The molecule has 0 radical (unpaired) electrons. The number of nitrogens with one attached hydrogen (secondary N) is 1. The molecule has 0 aromatic carbocycles. The van der Waals surface area contributed by atoms with E-state index in [0.29, 0.717) is 0 Å². The maximum absolute atomic E-state index is 2.75. The van der Waals surface area contributed by atoms with Crippen LogP contribution in [0.1, 0.15) is 0 Å². The smallest absolute Gasteiger partial charge is 0.323 e. The second-order valence-electron chi connectivity index (χ2n) is 0.500. The zero-order valence-electron chi connectivity index (χ0n) is 3.08. The van der Waals surface area contributed by atoms with E-state index in [1.807, 2.05) is 14.1 Å². The molecule has 0 heterocycles. The van der Waals surface area contributed by atoms with Gasteiger partial charge < -0.3 is 5.32 Å². The third-order valence-electron chi connectivity index (χ3n) is 0. The van der Waals surface area contributed by atoms with Gasteiger partial charge in [0.15, 0.2) is 0 Å². The van der Waals surface area contributed by atoms with Crippen molar-refractivity contribution >= 4 is 17.4 Å². The molecule has 0 aliphatic heterocycles. The molecule has 1 N–H and O–H groups in total. The van der Waals surface area contributed by atoms with Crippen molar-refractivity contribution in [2.24, 2.45) is 0 Å². The predicted octanol–water partition coefficient (Wildman–Crippen LogP) is -0.545. The predicted molar refractivity (Wildman–Crippen MR) is 20.7 cm³/mol. The summed E-state index contributed by atoms with van der Waals surface area (Å²) >= 11 is 0. The topological polar surface area (TPSA) is 12.0 Å². The normalized spacial score (nSPS) is 4.50. The second-order valence-corrected chi connectivity index (χ2v) is 0.500. The fraction of sp³-hybridized carbons (Fsp3) is 1.00. The fourth-order valence-electron chi connectivity index (χ4n) is 0. The molecule has 1 nitrogen and oxygen atoms in total. The maximum Gasteiger partial charge on any atom is 3.00 e. The van der Waals surface area contributed by atoms with E-state index in [-0.39, 0.29) is 17.4 Å². The minimum absolute atomic E-state index is 0. The summed E-state index contributed by atoms with van der Waals surface area (Å²) in [5.74, 6) is 0. The summed E-state index contributed by atoms with van der Waals surface area (Å²) in [6.07, 6.45) is 0. The summed E-state index contributed by atoms with van der Waals surface area (Å²) in [7, 11) is 3.75. The Kier molecular flexibility index (Phi) is 21.5. The summed E-state index contributed by atoms with van der Waals surface area (Å²) in [5, 5.41) is 2.75. The van der Waals surface area contributed by atoms with Crippen LogP contribution in [-0.2, 0) is 0 Å². The molecule has 0 saturated heterocycles. The van der Waals surface area contributed by atoms with Gasteiger partial charge in [0.1, 0.15) is 0 Å². The standard InChI is InChI=1S/C2H7N.Al/c1-3-2;/h3H,1-2H3;/q;+3. The van der Waals surface area contributed by atoms with Crippen LogP contribution < -0.4 is 5.32 Å². The van der Waals surface area contributed by atoms with Gasteiger partial charge in [0.05, 0.1) is 0 Å². The molecule has 0 aliphatic rings. The van der Waals surface area contributed by atoms with Crippen LogP contribution in [0.5, 0.6) is 0 Å². The Morgan fingerprint density at radius 3 is 1.25 bits per heavy atom. The average Bonchev–Trinajstić information content (AvgIpc) is 0.918. The molecule has 0 unspecified atom stereocenters. The van der Waals surface area contributed by atoms with E-state index in [1.165, 1.54) is 0 Å². The molecule has 0 spiro atoms. The van der Waals surface area contributed by atoms with Gasteiger partial charge in [-0.1, -0.05) is 0 Å². The zero-order chi connectivity index (χ0) is 2.71. The quantitative estimate of drug-likeness (QED) is 0.379. The minimum Gasteiger partial charge on any atom is -0.323 e. The first-order valence-corrected chi connectivity index (χ1v) is 1.00. The maximum atomic E-state index is 2.75. The minimum atomic E-state index is 0. The van der Waals surface area contributed by atoms with E-state index in [2.05, 4.69) is 5.32 Å². The molecule has 0 bridgehead atoms. The first-order chi connectivity index (χ1) is 1.41. The van der Waals surface area contributed by atoms with Gasteiger partial charge in [-0.05, 0) is 14.1 Å². The van der Waals surface area contributed by atoms with Gasteiger partial charge in [-0.2, -0.15) is 0 Å². The van der Waals surface area contributed by atoms with Crippen LogP contribution in [0.25, 0.3) is 0 Å². The van der Waals surface area contributed by atoms with Crippen molar-refractivity contribution in [1.29, 1.82) is 0 Å². The van der Waals surface area contributed by atoms with Crippen LogP contribution in [0, 0.1) is 0 Å². The van der Waals surface area contributed by atoms with Crippen LogP contribution in [0.15, 0.2) is 0 Å². The second kappa shape index (κ2) is 9.74. The van der Waals surface area contributed by atoms with Crippen molar-refractivity contribution in [3.63, 3.8) is 0 Å². The summed E-state index contributed by atoms with van der Waals surface area (Å²) in [6.45, 7) is 0. The first-order valence-electron chi connectivity index (χ1n) is 1.00. The summed E-state index contributed by atoms with van der Waals surface area (Å²) < 4.78 is 0. The molecule has 0 saturated carbocycles. The first kappa shape index (κ1) is 8.82. The Morgan fingerprint density at radius 1 is 1.25 bits per heavy atom. The van der Waals surface area contributed by atoms with Crippen LogP contribution in [0.4, 0.5) is 0 Å². The molecular formula is C2H7AlN+3. The molecule has 0 fully saturated rings. The molecule has 0 rings (SSSR count). The Labute approximate surface area is 37.5 Å². The molecule has 0 amide bonds. The van der Waals surface area contributed by atoms with E-state index in [0.717, 1.165) is 0 Å². The van der Waals surface area contributed by atoms with E-state index in [9.17, 15) is 0 Å². The molecule has 0 aromatic rings. The Balaban J connectivity index is 0. The van der Waals surface area contributed by atoms with Crippen molar-refractivity contribution in [3.05, 3.63) is 0 Å². The van der Waals surface area contributed by atoms with Gasteiger partial charge in [-0.25, -0.2) is 0 Å². The Bertz CT molecular complexity index is 6.00. The van der Waals surface area contributed by atoms with Crippen molar-refractivity contribution in [2.45, 2.75) is 0 Å². The van der Waals surface area contributed by atoms with E-state index in [1.54, 1.807) is 0 Å². The van der Waals surface area contributed by atoms with Crippen molar-refractivity contribution in [1.82, 2.24) is 5.32 Å².